The van der Waals surface area contributed by atoms with Crippen LogP contribution in [0.3, 0.4) is 0 Å². The maximum atomic E-state index is 5.36. The average Bonchev–Trinajstić information content (AvgIpc) is 2.68. The Morgan fingerprint density at radius 1 is 1.38 bits per heavy atom. The van der Waals surface area contributed by atoms with Crippen LogP contribution < -0.4 is 5.32 Å². The second-order valence-electron chi connectivity index (χ2n) is 3.33. The molecule has 1 heterocycles. The molecule has 0 atom stereocenters. The van der Waals surface area contributed by atoms with Gasteiger partial charge >= 0.3 is 0 Å². The number of thiophene rings is 1. The number of nitrogens with one attached hydrogen (secondary N) is 1. The Balaban J connectivity index is 1.91. The maximum absolute atomic E-state index is 5.36. The number of hydrogen-bond acceptors (Lipinski definition) is 4. The molecule has 16 heavy (non-hydrogen) atoms. The molecule has 0 aliphatic heterocycles. The van der Waals surface area contributed by atoms with Crippen LogP contribution in [0.5, 0.6) is 0 Å². The van der Waals surface area contributed by atoms with Gasteiger partial charge in [-0.25, -0.2) is 0 Å². The molecule has 0 unspecified atom stereocenters. The van der Waals surface area contributed by atoms with Gasteiger partial charge in [0.1, 0.15) is 0 Å². The summed E-state index contributed by atoms with van der Waals surface area (Å²) < 4.78 is 11.4. The normalized spacial score (nSPS) is 10.9. The third-order valence-electron chi connectivity index (χ3n) is 2.05. The molecule has 0 spiro atoms. The fourth-order valence-electron chi connectivity index (χ4n) is 1.20. The quantitative estimate of drug-likeness (QED) is 0.712. The highest BCUT2D eigenvalue weighted by Gasteiger charge is 1.99. The lowest BCUT2D eigenvalue weighted by Crippen LogP contribution is -2.16. The van der Waals surface area contributed by atoms with Gasteiger partial charge < -0.3 is 14.8 Å². The van der Waals surface area contributed by atoms with E-state index in [4.69, 9.17) is 9.47 Å². The van der Waals surface area contributed by atoms with Crippen LogP contribution in [0, 0.1) is 0 Å². The molecular formula is C11H18BrNO2S. The molecule has 0 saturated carbocycles. The van der Waals surface area contributed by atoms with Gasteiger partial charge in [-0.3, -0.25) is 0 Å². The molecule has 1 aromatic heterocycles. The first kappa shape index (κ1) is 14.1. The minimum Gasteiger partial charge on any atom is -0.382 e. The molecular weight excluding hydrogens is 290 g/mol. The van der Waals surface area contributed by atoms with Crippen LogP contribution in [0.25, 0.3) is 0 Å². The first-order chi connectivity index (χ1) is 7.84. The van der Waals surface area contributed by atoms with E-state index in [9.17, 15) is 0 Å². The second kappa shape index (κ2) is 9.13. The lowest BCUT2D eigenvalue weighted by atomic mass is 10.4. The SMILES string of the molecule is COCCOCCCNCc1sccc1Br. The predicted molar refractivity (Wildman–Crippen MR) is 71.0 cm³/mol. The molecule has 1 aromatic rings. The van der Waals surface area contributed by atoms with E-state index in [1.165, 1.54) is 9.35 Å². The molecule has 0 aliphatic rings. The summed E-state index contributed by atoms with van der Waals surface area (Å²) in [7, 11) is 1.68. The highest BCUT2D eigenvalue weighted by molar-refractivity contribution is 9.10. The van der Waals surface area contributed by atoms with Crippen LogP contribution in [0.4, 0.5) is 0 Å². The van der Waals surface area contributed by atoms with E-state index >= 15 is 0 Å². The molecule has 0 radical (unpaired) electrons. The van der Waals surface area contributed by atoms with Crippen LogP contribution in [-0.2, 0) is 16.0 Å². The van der Waals surface area contributed by atoms with Crippen molar-refractivity contribution in [2.45, 2.75) is 13.0 Å². The van der Waals surface area contributed by atoms with Crippen LogP contribution in [-0.4, -0.2) is 33.5 Å². The zero-order valence-electron chi connectivity index (χ0n) is 9.50. The Bertz CT molecular complexity index is 281. The van der Waals surface area contributed by atoms with Crippen molar-refractivity contribution in [1.29, 1.82) is 0 Å². The van der Waals surface area contributed by atoms with Gasteiger partial charge in [-0.05, 0) is 40.3 Å². The van der Waals surface area contributed by atoms with Gasteiger partial charge in [0.05, 0.1) is 13.2 Å². The summed E-state index contributed by atoms with van der Waals surface area (Å²) in [6.45, 7) is 4.07. The lowest BCUT2D eigenvalue weighted by Gasteiger charge is -2.05. The topological polar surface area (TPSA) is 30.5 Å². The van der Waals surface area contributed by atoms with E-state index in [0.29, 0.717) is 13.2 Å². The summed E-state index contributed by atoms with van der Waals surface area (Å²) in [5, 5.41) is 5.48. The van der Waals surface area contributed by atoms with Gasteiger partial charge in [-0.2, -0.15) is 0 Å². The molecule has 0 fully saturated rings. The fraction of sp³-hybridized carbons (Fsp3) is 0.636. The van der Waals surface area contributed by atoms with Gasteiger partial charge in [0, 0.05) is 29.6 Å². The van der Waals surface area contributed by atoms with E-state index in [1.807, 2.05) is 0 Å². The van der Waals surface area contributed by atoms with Crippen molar-refractivity contribution in [2.24, 2.45) is 0 Å². The first-order valence-electron chi connectivity index (χ1n) is 5.34. The maximum Gasteiger partial charge on any atom is 0.0700 e. The number of methoxy groups -OCH3 is 1. The molecule has 3 nitrogen and oxygen atoms in total. The van der Waals surface area contributed by atoms with E-state index in [0.717, 1.165) is 26.1 Å². The summed E-state index contributed by atoms with van der Waals surface area (Å²) in [5.41, 5.74) is 0. The van der Waals surface area contributed by atoms with Crippen LogP contribution in [0.15, 0.2) is 15.9 Å². The van der Waals surface area contributed by atoms with Gasteiger partial charge in [-0.1, -0.05) is 0 Å². The van der Waals surface area contributed by atoms with Crippen molar-refractivity contribution in [3.63, 3.8) is 0 Å². The van der Waals surface area contributed by atoms with E-state index in [1.54, 1.807) is 18.4 Å². The molecule has 0 bridgehead atoms. The molecule has 5 heteroatoms. The predicted octanol–water partition coefficient (Wildman–Crippen LogP) is 2.65. The van der Waals surface area contributed by atoms with Crippen molar-refractivity contribution in [2.75, 3.05) is 33.5 Å². The van der Waals surface area contributed by atoms with Crippen LogP contribution >= 0.6 is 27.3 Å². The molecule has 1 N–H and O–H groups in total. The Kier molecular flexibility index (Phi) is 8.06. The van der Waals surface area contributed by atoms with Crippen molar-refractivity contribution < 1.29 is 9.47 Å². The molecule has 92 valence electrons. The van der Waals surface area contributed by atoms with Crippen molar-refractivity contribution in [1.82, 2.24) is 5.32 Å². The fourth-order valence-corrected chi connectivity index (χ4v) is 2.66. The lowest BCUT2D eigenvalue weighted by molar-refractivity contribution is 0.0695. The third-order valence-corrected chi connectivity index (χ3v) is 3.98. The van der Waals surface area contributed by atoms with Gasteiger partial charge in [0.25, 0.3) is 0 Å². The minimum atomic E-state index is 0.676. The Morgan fingerprint density at radius 3 is 2.94 bits per heavy atom. The number of halogens is 1. The van der Waals surface area contributed by atoms with Crippen LogP contribution in [0.2, 0.25) is 0 Å². The Labute approximate surface area is 109 Å². The Morgan fingerprint density at radius 2 is 2.25 bits per heavy atom. The third kappa shape index (κ3) is 5.96. The molecule has 0 aromatic carbocycles. The summed E-state index contributed by atoms with van der Waals surface area (Å²) in [6.07, 6.45) is 1.03. The van der Waals surface area contributed by atoms with E-state index in [-0.39, 0.29) is 0 Å². The standard InChI is InChI=1S/C11H18BrNO2S/c1-14-6-7-15-5-2-4-13-9-11-10(12)3-8-16-11/h3,8,13H,2,4-7,9H2,1H3. The van der Waals surface area contributed by atoms with Crippen LogP contribution in [0.1, 0.15) is 11.3 Å². The van der Waals surface area contributed by atoms with Gasteiger partial charge in [0.15, 0.2) is 0 Å². The van der Waals surface area contributed by atoms with E-state index in [2.05, 4.69) is 32.7 Å². The molecule has 0 amide bonds. The summed E-state index contributed by atoms with van der Waals surface area (Å²) in [5.74, 6) is 0. The smallest absolute Gasteiger partial charge is 0.0700 e. The summed E-state index contributed by atoms with van der Waals surface area (Å²) >= 11 is 5.28. The summed E-state index contributed by atoms with van der Waals surface area (Å²) in [4.78, 5) is 1.35. The van der Waals surface area contributed by atoms with Crippen molar-refractivity contribution in [3.05, 3.63) is 20.8 Å². The molecule has 1 rings (SSSR count). The van der Waals surface area contributed by atoms with E-state index < -0.39 is 0 Å². The highest BCUT2D eigenvalue weighted by atomic mass is 79.9. The highest BCUT2D eigenvalue weighted by Crippen LogP contribution is 2.21. The monoisotopic (exact) mass is 307 g/mol. The molecule has 0 saturated heterocycles. The summed E-state index contributed by atoms with van der Waals surface area (Å²) in [6, 6.07) is 2.08. The average molecular weight is 308 g/mol. The first-order valence-corrected chi connectivity index (χ1v) is 7.01. The minimum absolute atomic E-state index is 0.676. The second-order valence-corrected chi connectivity index (χ2v) is 5.18. The van der Waals surface area contributed by atoms with Gasteiger partial charge in [-0.15, -0.1) is 11.3 Å². The Hall–Kier alpha value is 0.0600. The van der Waals surface area contributed by atoms with Crippen molar-refractivity contribution >= 4 is 27.3 Å². The largest absolute Gasteiger partial charge is 0.382 e. The number of ether oxygens (including phenoxy) is 2. The van der Waals surface area contributed by atoms with Crippen molar-refractivity contribution in [3.8, 4) is 0 Å². The molecule has 0 aliphatic carbocycles. The van der Waals surface area contributed by atoms with Gasteiger partial charge in [0.2, 0.25) is 0 Å². The zero-order chi connectivity index (χ0) is 11.6. The number of hydrogen-bond donors (Lipinski definition) is 1. The number of rotatable bonds is 9. The zero-order valence-corrected chi connectivity index (χ0v) is 11.9.